The van der Waals surface area contributed by atoms with Gasteiger partial charge in [0.05, 0.1) is 6.54 Å². The number of hydrogen-bond donors (Lipinski definition) is 2. The summed E-state index contributed by atoms with van der Waals surface area (Å²) < 4.78 is 4.27. The van der Waals surface area contributed by atoms with Gasteiger partial charge in [-0.25, -0.2) is 4.63 Å². The lowest BCUT2D eigenvalue weighted by Gasteiger charge is -2.13. The van der Waals surface area contributed by atoms with E-state index < -0.39 is 5.91 Å². The van der Waals surface area contributed by atoms with Gasteiger partial charge < -0.3 is 16.0 Å². The molecule has 1 aromatic rings. The molecule has 0 saturated carbocycles. The summed E-state index contributed by atoms with van der Waals surface area (Å²) in [6, 6.07) is 0. The van der Waals surface area contributed by atoms with Crippen molar-refractivity contribution >= 4 is 17.6 Å². The molecule has 82 valence electrons. The van der Waals surface area contributed by atoms with Crippen molar-refractivity contribution in [3.63, 3.8) is 0 Å². The summed E-state index contributed by atoms with van der Waals surface area (Å²) in [4.78, 5) is 23.7. The van der Waals surface area contributed by atoms with Crippen LogP contribution in [0.3, 0.4) is 0 Å². The Kier molecular flexibility index (Phi) is 3.21. The van der Waals surface area contributed by atoms with Crippen LogP contribution in [0, 0.1) is 0 Å². The van der Waals surface area contributed by atoms with Crippen LogP contribution in [0.2, 0.25) is 0 Å². The van der Waals surface area contributed by atoms with Gasteiger partial charge in [-0.05, 0) is 10.3 Å². The van der Waals surface area contributed by atoms with E-state index in [1.807, 2.05) is 0 Å². The minimum atomic E-state index is -0.516. The zero-order valence-electron chi connectivity index (χ0n) is 8.35. The highest BCUT2D eigenvalue weighted by Gasteiger charge is 2.21. The van der Waals surface area contributed by atoms with Crippen molar-refractivity contribution in [2.45, 2.75) is 0 Å². The van der Waals surface area contributed by atoms with Gasteiger partial charge in [0.25, 0.3) is 5.91 Å². The van der Waals surface area contributed by atoms with Crippen molar-refractivity contribution in [3.8, 4) is 0 Å². The molecule has 15 heavy (non-hydrogen) atoms. The fraction of sp³-hybridized carbons (Fsp3) is 0.429. The fourth-order valence-electron chi connectivity index (χ4n) is 0.891. The second-order valence-corrected chi connectivity index (χ2v) is 2.83. The summed E-state index contributed by atoms with van der Waals surface area (Å²) in [5.74, 6) is -0.901. The van der Waals surface area contributed by atoms with Crippen molar-refractivity contribution < 1.29 is 14.2 Å². The van der Waals surface area contributed by atoms with E-state index in [1.54, 1.807) is 0 Å². The molecule has 0 atom stereocenters. The number of nitrogen functional groups attached to an aromatic ring is 1. The first-order valence-corrected chi connectivity index (χ1v) is 4.10. The molecule has 3 N–H and O–H groups in total. The molecule has 0 aliphatic heterocycles. The van der Waals surface area contributed by atoms with Crippen LogP contribution in [0.25, 0.3) is 0 Å². The molecule has 2 amide bonds. The lowest BCUT2D eigenvalue weighted by molar-refractivity contribution is -0.121. The van der Waals surface area contributed by atoms with Crippen molar-refractivity contribution in [2.24, 2.45) is 0 Å². The van der Waals surface area contributed by atoms with E-state index in [2.05, 4.69) is 20.3 Å². The molecule has 0 spiro atoms. The number of nitrogens with zero attached hydrogens (tertiary/aromatic N) is 3. The van der Waals surface area contributed by atoms with Gasteiger partial charge in [0, 0.05) is 14.1 Å². The smallest absolute Gasteiger partial charge is 0.280 e. The predicted molar refractivity (Wildman–Crippen MR) is 49.7 cm³/mol. The van der Waals surface area contributed by atoms with E-state index >= 15 is 0 Å². The molecule has 1 aromatic heterocycles. The van der Waals surface area contributed by atoms with Gasteiger partial charge in [-0.15, -0.1) is 0 Å². The normalized spacial score (nSPS) is 9.73. The Morgan fingerprint density at radius 1 is 1.53 bits per heavy atom. The number of nitrogens with one attached hydrogen (secondary N) is 1. The maximum absolute atomic E-state index is 11.6. The summed E-state index contributed by atoms with van der Waals surface area (Å²) in [6.45, 7) is -0.0817. The zero-order valence-corrected chi connectivity index (χ0v) is 8.35. The molecular weight excluding hydrogens is 202 g/mol. The lowest BCUT2D eigenvalue weighted by atomic mass is 10.3. The quantitative estimate of drug-likeness (QED) is 0.629. The number of amides is 2. The first-order chi connectivity index (χ1) is 7.06. The zero-order chi connectivity index (χ0) is 11.4. The number of rotatable bonds is 3. The molecule has 0 fully saturated rings. The SMILES string of the molecule is CNC(=O)CN(C)C(=O)c1nonc1N. The Balaban J connectivity index is 2.69. The topological polar surface area (TPSA) is 114 Å². The third-order valence-corrected chi connectivity index (χ3v) is 1.72. The molecule has 8 nitrogen and oxygen atoms in total. The van der Waals surface area contributed by atoms with Gasteiger partial charge in [-0.2, -0.15) is 0 Å². The van der Waals surface area contributed by atoms with Gasteiger partial charge in [-0.3, -0.25) is 9.59 Å². The third-order valence-electron chi connectivity index (χ3n) is 1.72. The number of carbonyl (C=O) groups is 2. The molecule has 0 aliphatic rings. The van der Waals surface area contributed by atoms with Gasteiger partial charge in [-0.1, -0.05) is 0 Å². The molecule has 0 aliphatic carbocycles. The summed E-state index contributed by atoms with van der Waals surface area (Å²) in [6.07, 6.45) is 0. The minimum absolute atomic E-state index is 0.0817. The molecule has 8 heteroatoms. The van der Waals surface area contributed by atoms with Crippen molar-refractivity contribution in [1.29, 1.82) is 0 Å². The van der Waals surface area contributed by atoms with E-state index in [0.717, 1.165) is 4.90 Å². The summed E-state index contributed by atoms with van der Waals surface area (Å²) in [7, 11) is 2.93. The monoisotopic (exact) mass is 213 g/mol. The lowest BCUT2D eigenvalue weighted by Crippen LogP contribution is -2.37. The van der Waals surface area contributed by atoms with Crippen LogP contribution < -0.4 is 11.1 Å². The molecule has 0 saturated heterocycles. The van der Waals surface area contributed by atoms with Crippen molar-refractivity contribution in [3.05, 3.63) is 5.69 Å². The van der Waals surface area contributed by atoms with Gasteiger partial charge in [0.2, 0.25) is 17.4 Å². The summed E-state index contributed by atoms with van der Waals surface area (Å²) >= 11 is 0. The first-order valence-electron chi connectivity index (χ1n) is 4.10. The van der Waals surface area contributed by atoms with Crippen LogP contribution in [0.5, 0.6) is 0 Å². The number of nitrogens with two attached hydrogens (primary N) is 1. The van der Waals surface area contributed by atoms with Crippen molar-refractivity contribution in [1.82, 2.24) is 20.5 Å². The minimum Gasteiger partial charge on any atom is -0.379 e. The Labute approximate surface area is 85.4 Å². The van der Waals surface area contributed by atoms with E-state index in [1.165, 1.54) is 14.1 Å². The van der Waals surface area contributed by atoms with E-state index in [4.69, 9.17) is 5.73 Å². The number of hydrogen-bond acceptors (Lipinski definition) is 6. The average molecular weight is 213 g/mol. The van der Waals surface area contributed by atoms with Gasteiger partial charge in [0.1, 0.15) is 0 Å². The number of aromatic nitrogens is 2. The highest BCUT2D eigenvalue weighted by Crippen LogP contribution is 2.06. The Morgan fingerprint density at radius 3 is 2.67 bits per heavy atom. The number of carbonyl (C=O) groups excluding carboxylic acids is 2. The number of anilines is 1. The Morgan fingerprint density at radius 2 is 2.20 bits per heavy atom. The van der Waals surface area contributed by atoms with Gasteiger partial charge >= 0.3 is 0 Å². The highest BCUT2D eigenvalue weighted by atomic mass is 16.6. The molecule has 0 bridgehead atoms. The second-order valence-electron chi connectivity index (χ2n) is 2.83. The Bertz CT molecular complexity index is 374. The maximum atomic E-state index is 11.6. The fourth-order valence-corrected chi connectivity index (χ4v) is 0.891. The van der Waals surface area contributed by atoms with Crippen LogP contribution in [0.1, 0.15) is 10.5 Å². The van der Waals surface area contributed by atoms with E-state index in [9.17, 15) is 9.59 Å². The largest absolute Gasteiger partial charge is 0.379 e. The maximum Gasteiger partial charge on any atom is 0.280 e. The van der Waals surface area contributed by atoms with E-state index in [0.29, 0.717) is 0 Å². The first kappa shape index (κ1) is 11.0. The molecule has 1 heterocycles. The van der Waals surface area contributed by atoms with Crippen LogP contribution in [0.4, 0.5) is 5.82 Å². The Hall–Kier alpha value is -2.12. The van der Waals surface area contributed by atoms with Crippen LogP contribution in [0.15, 0.2) is 4.63 Å². The van der Waals surface area contributed by atoms with Crippen LogP contribution in [-0.4, -0.2) is 47.7 Å². The summed E-state index contributed by atoms with van der Waals surface area (Å²) in [5, 5.41) is 8.99. The molecule has 0 radical (unpaired) electrons. The molecule has 0 unspecified atom stereocenters. The van der Waals surface area contributed by atoms with Gasteiger partial charge in [0.15, 0.2) is 0 Å². The standard InChI is InChI=1S/C7H11N5O3/c1-9-4(13)3-12(2)7(14)5-6(8)11-15-10-5/h3H2,1-2H3,(H2,8,11)(H,9,13). The third kappa shape index (κ3) is 2.42. The molecular formula is C7H11N5O3. The molecule has 0 aromatic carbocycles. The van der Waals surface area contributed by atoms with E-state index in [-0.39, 0.29) is 24.0 Å². The predicted octanol–water partition coefficient (Wildman–Crippen LogP) is -1.53. The molecule has 1 rings (SSSR count). The second kappa shape index (κ2) is 4.40. The average Bonchev–Trinajstić information content (AvgIpc) is 2.63. The summed E-state index contributed by atoms with van der Waals surface area (Å²) in [5.41, 5.74) is 5.23. The van der Waals surface area contributed by atoms with Crippen LogP contribution in [-0.2, 0) is 4.79 Å². The van der Waals surface area contributed by atoms with Crippen LogP contribution >= 0.6 is 0 Å². The number of likely N-dealkylation sites (N-methyl/N-ethyl adjacent to an activating group) is 2. The van der Waals surface area contributed by atoms with Crippen molar-refractivity contribution in [2.75, 3.05) is 26.4 Å². The highest BCUT2D eigenvalue weighted by molar-refractivity contribution is 5.97.